The van der Waals surface area contributed by atoms with Gasteiger partial charge in [0, 0.05) is 0 Å². The van der Waals surface area contributed by atoms with Gasteiger partial charge in [0.25, 0.3) is 0 Å². The van der Waals surface area contributed by atoms with Crippen LogP contribution in [-0.2, 0) is 54.5 Å². The van der Waals surface area contributed by atoms with E-state index in [4.69, 9.17) is 0 Å². The summed E-state index contributed by atoms with van der Waals surface area (Å²) in [5, 5.41) is 2.84. The second kappa shape index (κ2) is 19.9. The SMILES string of the molecule is CCc1cc2c(-c3cc(C(F)(F)F)cc(C(F)(F)F)c3)cccc2[cH-]1.Cc1cc2c(-c3cc(C(F)(F)F)cc(C(F)(F)F)c3)cccc2[cH-]1.Cl.Cl.[CH3-].[CH3-].[Si]=[Zr]. The van der Waals surface area contributed by atoms with Gasteiger partial charge in [-0.25, -0.2) is 0 Å². The second-order valence-electron chi connectivity index (χ2n) is 11.5. The van der Waals surface area contributed by atoms with E-state index in [0.29, 0.717) is 21.9 Å². The third kappa shape index (κ3) is 12.5. The second-order valence-corrected chi connectivity index (χ2v) is 11.5. The molecule has 0 unspecified atom stereocenters. The van der Waals surface area contributed by atoms with E-state index in [1.807, 2.05) is 26.0 Å². The van der Waals surface area contributed by atoms with Gasteiger partial charge in [0.1, 0.15) is 0 Å². The van der Waals surface area contributed by atoms with Crippen LogP contribution in [0.15, 0.2) is 97.1 Å². The molecule has 6 rings (SSSR count). The molecule has 0 nitrogen and oxygen atoms in total. The van der Waals surface area contributed by atoms with Crippen LogP contribution in [-0.4, -0.2) is 6.88 Å². The molecule has 0 aromatic heterocycles. The van der Waals surface area contributed by atoms with Crippen molar-refractivity contribution < 1.29 is 76.0 Å². The predicted octanol–water partition coefficient (Wildman–Crippen LogP) is 14.8. The van der Waals surface area contributed by atoms with Crippen LogP contribution in [0.5, 0.6) is 0 Å². The fourth-order valence-corrected chi connectivity index (χ4v) is 5.61. The molecule has 6 aromatic rings. The van der Waals surface area contributed by atoms with Gasteiger partial charge in [-0.2, -0.15) is 64.8 Å². The van der Waals surface area contributed by atoms with Crippen LogP contribution in [0.3, 0.4) is 0 Å². The summed E-state index contributed by atoms with van der Waals surface area (Å²) in [6.45, 7) is 6.81. The van der Waals surface area contributed by atoms with Gasteiger partial charge in [-0.15, -0.1) is 93.9 Å². The van der Waals surface area contributed by atoms with Crippen LogP contribution in [0.1, 0.15) is 40.3 Å². The van der Waals surface area contributed by atoms with Crippen molar-refractivity contribution in [2.75, 3.05) is 0 Å². The summed E-state index contributed by atoms with van der Waals surface area (Å²) in [5.41, 5.74) is -2.88. The normalized spacial score (nSPS) is 11.4. The Labute approximate surface area is 340 Å². The van der Waals surface area contributed by atoms with E-state index < -0.39 is 47.0 Å². The van der Waals surface area contributed by atoms with Crippen molar-refractivity contribution in [2.45, 2.75) is 45.0 Å². The van der Waals surface area contributed by atoms with E-state index in [1.54, 1.807) is 36.4 Å². The number of fused-ring (bicyclic) bond motifs is 2. The van der Waals surface area contributed by atoms with Crippen molar-refractivity contribution in [3.05, 3.63) is 145 Å². The molecule has 6 aromatic carbocycles. The Kier molecular flexibility index (Phi) is 18.8. The molecule has 0 saturated carbocycles. The molecule has 0 aliphatic rings. The zero-order valence-corrected chi connectivity index (χ0v) is 34.4. The Bertz CT molecular complexity index is 2090. The number of hydrogen-bond donors (Lipinski definition) is 0. The number of rotatable bonds is 3. The van der Waals surface area contributed by atoms with E-state index in [9.17, 15) is 52.7 Å². The fraction of sp³-hybridized carbons (Fsp3) is 0.179. The quantitative estimate of drug-likeness (QED) is 0.0943. The first-order valence-corrected chi connectivity index (χ1v) is 19.0. The number of aryl methyl sites for hydroxylation is 2. The van der Waals surface area contributed by atoms with Gasteiger partial charge >= 0.3 is 54.9 Å². The summed E-state index contributed by atoms with van der Waals surface area (Å²) in [5.74, 6) is 0. The summed E-state index contributed by atoms with van der Waals surface area (Å²) in [7, 11) is 0. The monoisotopic (exact) mass is 916 g/mol. The summed E-state index contributed by atoms with van der Waals surface area (Å²) >= 11 is 1.36. The van der Waals surface area contributed by atoms with Gasteiger partial charge in [-0.1, -0.05) is 37.1 Å². The molecular weight excluding hydrogens is 887 g/mol. The number of hydrogen-bond acceptors (Lipinski definition) is 0. The molecule has 0 aliphatic heterocycles. The zero-order valence-electron chi connectivity index (χ0n) is 29.3. The molecule has 0 bridgehead atoms. The number of alkyl halides is 12. The van der Waals surface area contributed by atoms with Crippen LogP contribution in [0.4, 0.5) is 52.7 Å². The molecule has 16 heteroatoms. The van der Waals surface area contributed by atoms with Crippen molar-refractivity contribution in [3.63, 3.8) is 0 Å². The number of benzene rings is 4. The zero-order chi connectivity index (χ0) is 38.1. The molecule has 0 saturated heterocycles. The van der Waals surface area contributed by atoms with E-state index in [2.05, 4.69) is 6.88 Å². The Hall–Kier alpha value is -3.06. The first-order valence-electron chi connectivity index (χ1n) is 14.8. The van der Waals surface area contributed by atoms with Crippen LogP contribution in [0.2, 0.25) is 0 Å². The molecule has 2 radical (unpaired) electrons. The third-order valence-corrected chi connectivity index (χ3v) is 7.91. The van der Waals surface area contributed by atoms with Crippen LogP contribution >= 0.6 is 24.8 Å². The van der Waals surface area contributed by atoms with Crippen LogP contribution in [0, 0.1) is 21.8 Å². The van der Waals surface area contributed by atoms with E-state index in [-0.39, 0.29) is 62.9 Å². The Balaban J connectivity index is 0.000000949. The third-order valence-electron chi connectivity index (χ3n) is 7.91. The summed E-state index contributed by atoms with van der Waals surface area (Å²) in [6, 6.07) is 20.5. The van der Waals surface area contributed by atoms with E-state index in [1.165, 1.54) is 35.5 Å². The Morgan fingerprint density at radius 1 is 0.509 bits per heavy atom. The summed E-state index contributed by atoms with van der Waals surface area (Å²) in [4.78, 5) is 0. The van der Waals surface area contributed by atoms with Crippen LogP contribution < -0.4 is 0 Å². The maximum absolute atomic E-state index is 13.1. The molecule has 0 aliphatic carbocycles. The Morgan fingerprint density at radius 3 is 1.16 bits per heavy atom. The minimum atomic E-state index is -4.86. The van der Waals surface area contributed by atoms with Gasteiger partial charge in [-0.3, -0.25) is 0 Å². The molecule has 0 heterocycles. The maximum atomic E-state index is 13.1. The minimum absolute atomic E-state index is 0. The van der Waals surface area contributed by atoms with Gasteiger partial charge in [-0.05, 0) is 53.9 Å². The molecule has 55 heavy (non-hydrogen) atoms. The average Bonchev–Trinajstić information content (AvgIpc) is 3.66. The van der Waals surface area contributed by atoms with Crippen LogP contribution in [0.25, 0.3) is 43.8 Å². The standard InChI is InChI=1S/C19H13F6.C18H11F6.2CH3.2ClH.Si.Zr/c1-2-11-6-12-4-3-5-16(17(12)7-11)13-8-14(18(20,21)22)10-15(9-13)19(23,24)25;1-10-5-11-3-2-4-15(16(11)6-10)12-7-13(17(19,20)21)9-14(8-12)18(22,23)24;;;;;;/h3-10H,2H2,1H3;2-9H,1H3;2*1H3;2*1H;;/q4*-1;;;;. The number of halogens is 14. The summed E-state index contributed by atoms with van der Waals surface area (Å²) < 4.78 is 156. The average molecular weight is 919 g/mol. The summed E-state index contributed by atoms with van der Waals surface area (Å²) in [6.07, 6.45) is -18.7. The van der Waals surface area contributed by atoms with Crippen molar-refractivity contribution in [2.24, 2.45) is 0 Å². The Morgan fingerprint density at radius 2 is 0.836 bits per heavy atom. The fourth-order valence-electron chi connectivity index (χ4n) is 5.61. The van der Waals surface area contributed by atoms with Crippen molar-refractivity contribution >= 4 is 53.2 Å². The molecule has 0 atom stereocenters. The topological polar surface area (TPSA) is 0 Å². The molecule has 0 N–H and O–H groups in total. The van der Waals surface area contributed by atoms with Gasteiger partial charge in [0.15, 0.2) is 0 Å². The molecule has 298 valence electrons. The van der Waals surface area contributed by atoms with Gasteiger partial charge in [0.05, 0.1) is 22.3 Å². The van der Waals surface area contributed by atoms with E-state index >= 15 is 0 Å². The van der Waals surface area contributed by atoms with Crippen molar-refractivity contribution in [1.82, 2.24) is 0 Å². The molecule has 0 amide bonds. The van der Waals surface area contributed by atoms with E-state index in [0.717, 1.165) is 52.6 Å². The van der Waals surface area contributed by atoms with Crippen molar-refractivity contribution in [1.29, 1.82) is 0 Å². The first-order chi connectivity index (χ1) is 23.6. The first kappa shape index (κ1) is 51.9. The van der Waals surface area contributed by atoms with Gasteiger partial charge in [0.2, 0.25) is 0 Å². The molecule has 0 spiro atoms. The predicted molar refractivity (Wildman–Crippen MR) is 197 cm³/mol. The molecule has 0 fully saturated rings. The van der Waals surface area contributed by atoms with Crippen molar-refractivity contribution in [3.8, 4) is 22.3 Å². The molecular formula is C39H32Cl2F12SiZr-4. The van der Waals surface area contributed by atoms with Gasteiger partial charge < -0.3 is 14.9 Å².